The Hall–Kier alpha value is -2.36. The third kappa shape index (κ3) is 3.70. The molecule has 1 atom stereocenters. The van der Waals surface area contributed by atoms with Crippen molar-refractivity contribution in [2.24, 2.45) is 0 Å². The summed E-state index contributed by atoms with van der Waals surface area (Å²) in [7, 11) is 1.62. The summed E-state index contributed by atoms with van der Waals surface area (Å²) in [6.45, 7) is 0.844. The van der Waals surface area contributed by atoms with E-state index < -0.39 is 0 Å². The fourth-order valence-electron chi connectivity index (χ4n) is 3.21. The summed E-state index contributed by atoms with van der Waals surface area (Å²) in [5.74, 6) is 0.838. The number of likely N-dealkylation sites (tertiary alicyclic amines) is 1. The first-order valence-electron chi connectivity index (χ1n) is 8.12. The van der Waals surface area contributed by atoms with Crippen molar-refractivity contribution in [1.82, 2.24) is 9.88 Å². The summed E-state index contributed by atoms with van der Waals surface area (Å²) < 4.78 is 5.22. The molecule has 120 valence electrons. The lowest BCUT2D eigenvalue weighted by atomic mass is 10.0. The van der Waals surface area contributed by atoms with Crippen LogP contribution in [0.25, 0.3) is 0 Å². The van der Waals surface area contributed by atoms with Gasteiger partial charge in [0.2, 0.25) is 0 Å². The van der Waals surface area contributed by atoms with E-state index in [2.05, 4.69) is 4.98 Å². The first kappa shape index (κ1) is 15.5. The summed E-state index contributed by atoms with van der Waals surface area (Å²) in [5.41, 5.74) is 1.99. The second-order valence-corrected chi connectivity index (χ2v) is 5.92. The molecule has 23 heavy (non-hydrogen) atoms. The van der Waals surface area contributed by atoms with E-state index in [0.717, 1.165) is 38.0 Å². The van der Waals surface area contributed by atoms with Crippen LogP contribution in [0.5, 0.6) is 5.75 Å². The van der Waals surface area contributed by atoms with Crippen molar-refractivity contribution in [3.05, 3.63) is 59.9 Å². The molecule has 0 aliphatic carbocycles. The van der Waals surface area contributed by atoms with Crippen molar-refractivity contribution in [3.63, 3.8) is 0 Å². The number of ether oxygens (including phenoxy) is 1. The van der Waals surface area contributed by atoms with Crippen molar-refractivity contribution in [1.29, 1.82) is 0 Å². The lowest BCUT2D eigenvalue weighted by Crippen LogP contribution is -2.35. The molecule has 0 unspecified atom stereocenters. The van der Waals surface area contributed by atoms with Gasteiger partial charge in [0.25, 0.3) is 5.91 Å². The van der Waals surface area contributed by atoms with Gasteiger partial charge in [-0.1, -0.05) is 6.07 Å². The summed E-state index contributed by atoms with van der Waals surface area (Å²) >= 11 is 0. The molecule has 0 radical (unpaired) electrons. The minimum absolute atomic E-state index is 0.112. The van der Waals surface area contributed by atoms with Crippen LogP contribution in [0.2, 0.25) is 0 Å². The zero-order chi connectivity index (χ0) is 16.1. The summed E-state index contributed by atoms with van der Waals surface area (Å²) in [6.07, 6.45) is 7.79. The number of pyridine rings is 1. The van der Waals surface area contributed by atoms with Crippen LogP contribution >= 0.6 is 0 Å². The van der Waals surface area contributed by atoms with Crippen LogP contribution < -0.4 is 4.74 Å². The van der Waals surface area contributed by atoms with Crippen molar-refractivity contribution in [3.8, 4) is 5.75 Å². The molecule has 1 fully saturated rings. The molecule has 4 nitrogen and oxygen atoms in total. The van der Waals surface area contributed by atoms with Crippen molar-refractivity contribution in [2.45, 2.75) is 31.7 Å². The van der Waals surface area contributed by atoms with Gasteiger partial charge in [-0.15, -0.1) is 0 Å². The smallest absolute Gasteiger partial charge is 0.254 e. The molecule has 2 aromatic rings. The van der Waals surface area contributed by atoms with Crippen LogP contribution in [0.3, 0.4) is 0 Å². The fraction of sp³-hybridized carbons (Fsp3) is 0.368. The first-order chi connectivity index (χ1) is 11.3. The average Bonchev–Trinajstić information content (AvgIpc) is 3.09. The molecule has 0 N–H and O–H groups in total. The van der Waals surface area contributed by atoms with E-state index in [0.29, 0.717) is 11.6 Å². The average molecular weight is 310 g/mol. The van der Waals surface area contributed by atoms with Gasteiger partial charge in [0, 0.05) is 30.5 Å². The van der Waals surface area contributed by atoms with E-state index in [1.54, 1.807) is 7.11 Å². The molecular weight excluding hydrogens is 288 g/mol. The van der Waals surface area contributed by atoms with Crippen molar-refractivity contribution < 1.29 is 9.53 Å². The topological polar surface area (TPSA) is 42.4 Å². The maximum absolute atomic E-state index is 12.8. The molecule has 2 heterocycles. The zero-order valence-electron chi connectivity index (χ0n) is 13.4. The Morgan fingerprint density at radius 1 is 1.30 bits per heavy atom. The van der Waals surface area contributed by atoms with Gasteiger partial charge >= 0.3 is 0 Å². The van der Waals surface area contributed by atoms with Gasteiger partial charge in [0.15, 0.2) is 0 Å². The number of benzene rings is 1. The van der Waals surface area contributed by atoms with Crippen LogP contribution in [0.15, 0.2) is 48.8 Å². The maximum Gasteiger partial charge on any atom is 0.254 e. The number of hydrogen-bond donors (Lipinski definition) is 0. The number of carbonyl (C=O) groups excluding carboxylic acids is 1. The van der Waals surface area contributed by atoms with Gasteiger partial charge in [0.1, 0.15) is 5.75 Å². The Balaban J connectivity index is 1.67. The van der Waals surface area contributed by atoms with Crippen molar-refractivity contribution in [2.75, 3.05) is 13.7 Å². The molecule has 1 aliphatic heterocycles. The molecule has 1 saturated heterocycles. The lowest BCUT2D eigenvalue weighted by Gasteiger charge is -2.25. The molecular formula is C19H22N2O2. The molecule has 1 amide bonds. The normalized spacial score (nSPS) is 17.3. The largest absolute Gasteiger partial charge is 0.497 e. The van der Waals surface area contributed by atoms with Crippen LogP contribution in [-0.4, -0.2) is 35.5 Å². The van der Waals surface area contributed by atoms with E-state index in [1.165, 1.54) is 5.56 Å². The van der Waals surface area contributed by atoms with Crippen LogP contribution in [0.4, 0.5) is 0 Å². The Labute approximate surface area is 137 Å². The number of aryl methyl sites for hydroxylation is 1. The minimum Gasteiger partial charge on any atom is -0.497 e. The van der Waals surface area contributed by atoms with Gasteiger partial charge in [-0.05, 0) is 61.6 Å². The van der Waals surface area contributed by atoms with E-state index in [1.807, 2.05) is 53.7 Å². The summed E-state index contributed by atoms with van der Waals surface area (Å²) in [4.78, 5) is 18.9. The van der Waals surface area contributed by atoms with Gasteiger partial charge in [-0.3, -0.25) is 9.78 Å². The van der Waals surface area contributed by atoms with Gasteiger partial charge in [-0.2, -0.15) is 0 Å². The fourth-order valence-corrected chi connectivity index (χ4v) is 3.21. The third-order valence-corrected chi connectivity index (χ3v) is 4.47. The predicted molar refractivity (Wildman–Crippen MR) is 89.6 cm³/mol. The molecule has 1 aliphatic rings. The second-order valence-electron chi connectivity index (χ2n) is 5.92. The number of nitrogens with zero attached hydrogens (tertiary/aromatic N) is 2. The van der Waals surface area contributed by atoms with Crippen LogP contribution in [0, 0.1) is 0 Å². The highest BCUT2D eigenvalue weighted by atomic mass is 16.5. The molecule has 1 aromatic heterocycles. The Morgan fingerprint density at radius 2 is 2.13 bits per heavy atom. The Kier molecular flexibility index (Phi) is 4.91. The third-order valence-electron chi connectivity index (χ3n) is 4.47. The van der Waals surface area contributed by atoms with E-state index in [9.17, 15) is 4.79 Å². The molecule has 4 heteroatoms. The summed E-state index contributed by atoms with van der Waals surface area (Å²) in [5, 5.41) is 0. The zero-order valence-corrected chi connectivity index (χ0v) is 13.4. The van der Waals surface area contributed by atoms with Crippen LogP contribution in [0.1, 0.15) is 35.2 Å². The number of aromatic nitrogens is 1. The standard InChI is InChI=1S/C19H22N2O2/c1-23-18-6-2-4-16(14-18)19(22)21-13-3-5-17(21)8-7-15-9-11-20-12-10-15/h2,4,6,9-12,14,17H,3,5,7-8,13H2,1H3/t17-/m1/s1. The molecule has 0 spiro atoms. The van der Waals surface area contributed by atoms with Crippen molar-refractivity contribution >= 4 is 5.91 Å². The summed E-state index contributed by atoms with van der Waals surface area (Å²) in [6, 6.07) is 11.8. The highest BCUT2D eigenvalue weighted by Crippen LogP contribution is 2.25. The quantitative estimate of drug-likeness (QED) is 0.851. The number of rotatable bonds is 5. The van der Waals surface area contributed by atoms with Gasteiger partial charge < -0.3 is 9.64 Å². The second kappa shape index (κ2) is 7.27. The SMILES string of the molecule is COc1cccc(C(=O)N2CCC[C@@H]2CCc2ccncc2)c1. The highest BCUT2D eigenvalue weighted by molar-refractivity contribution is 5.95. The molecule has 1 aromatic carbocycles. The maximum atomic E-state index is 12.8. The highest BCUT2D eigenvalue weighted by Gasteiger charge is 2.29. The number of hydrogen-bond acceptors (Lipinski definition) is 3. The van der Waals surface area contributed by atoms with E-state index in [-0.39, 0.29) is 5.91 Å². The van der Waals surface area contributed by atoms with E-state index >= 15 is 0 Å². The first-order valence-corrected chi connectivity index (χ1v) is 8.12. The molecule has 0 bridgehead atoms. The number of carbonyl (C=O) groups is 1. The minimum atomic E-state index is 0.112. The Morgan fingerprint density at radius 3 is 2.91 bits per heavy atom. The Bertz CT molecular complexity index is 657. The van der Waals surface area contributed by atoms with Gasteiger partial charge in [-0.25, -0.2) is 0 Å². The number of methoxy groups -OCH3 is 1. The number of amides is 1. The van der Waals surface area contributed by atoms with E-state index in [4.69, 9.17) is 4.74 Å². The lowest BCUT2D eigenvalue weighted by molar-refractivity contribution is 0.0730. The molecule has 0 saturated carbocycles. The monoisotopic (exact) mass is 310 g/mol. The molecule has 3 rings (SSSR count). The van der Waals surface area contributed by atoms with Crippen LogP contribution in [-0.2, 0) is 6.42 Å². The van der Waals surface area contributed by atoms with Gasteiger partial charge in [0.05, 0.1) is 7.11 Å². The predicted octanol–water partition coefficient (Wildman–Crippen LogP) is 3.33.